The number of nitrogen functional groups attached to an aromatic ring is 1. The van der Waals surface area contributed by atoms with E-state index in [1.54, 1.807) is 0 Å². The van der Waals surface area contributed by atoms with Gasteiger partial charge in [-0.25, -0.2) is 8.42 Å². The molecule has 5 heteroatoms. The predicted molar refractivity (Wildman–Crippen MR) is 76.1 cm³/mol. The zero-order chi connectivity index (χ0) is 13.6. The summed E-state index contributed by atoms with van der Waals surface area (Å²) in [4.78, 5) is 2.21. The summed E-state index contributed by atoms with van der Waals surface area (Å²) in [6.45, 7) is 4.50. The van der Waals surface area contributed by atoms with Crippen LogP contribution in [0.3, 0.4) is 0 Å². The van der Waals surface area contributed by atoms with Gasteiger partial charge in [0.1, 0.15) is 9.84 Å². The lowest BCUT2D eigenvalue weighted by molar-refractivity contribution is 0.281. The molecular weight excluding hydrogens is 248 g/mol. The van der Waals surface area contributed by atoms with Crippen molar-refractivity contribution in [3.05, 3.63) is 29.8 Å². The number of nitrogens with two attached hydrogens (primary N) is 1. The molecule has 18 heavy (non-hydrogen) atoms. The number of anilines is 1. The molecule has 0 radical (unpaired) electrons. The lowest BCUT2D eigenvalue weighted by atomic mass is 10.1. The number of sulfone groups is 1. The molecule has 1 rings (SSSR count). The number of nitrogens with zero attached hydrogens (tertiary/aromatic N) is 1. The zero-order valence-electron chi connectivity index (χ0n) is 11.1. The van der Waals surface area contributed by atoms with Gasteiger partial charge >= 0.3 is 0 Å². The Morgan fingerprint density at radius 3 is 2.50 bits per heavy atom. The van der Waals surface area contributed by atoms with Gasteiger partial charge in [0.05, 0.1) is 5.75 Å². The van der Waals surface area contributed by atoms with Crippen molar-refractivity contribution < 1.29 is 8.42 Å². The van der Waals surface area contributed by atoms with Crippen LogP contribution >= 0.6 is 0 Å². The molecule has 0 unspecified atom stereocenters. The van der Waals surface area contributed by atoms with Gasteiger partial charge in [-0.05, 0) is 31.1 Å². The van der Waals surface area contributed by atoms with Crippen LogP contribution in [0.4, 0.5) is 5.69 Å². The second-order valence-corrected chi connectivity index (χ2v) is 6.81. The molecule has 1 aromatic rings. The molecule has 0 aliphatic rings. The molecule has 102 valence electrons. The SMILES string of the molecule is CCN(CCCS(C)(=O)=O)Cc1ccccc1N. The third kappa shape index (κ3) is 5.51. The summed E-state index contributed by atoms with van der Waals surface area (Å²) in [5.41, 5.74) is 7.79. The lowest BCUT2D eigenvalue weighted by Gasteiger charge is -2.21. The quantitative estimate of drug-likeness (QED) is 0.763. The third-order valence-corrected chi connectivity index (χ3v) is 3.92. The molecule has 0 amide bonds. The van der Waals surface area contributed by atoms with E-state index >= 15 is 0 Å². The summed E-state index contributed by atoms with van der Waals surface area (Å²) in [6, 6.07) is 7.78. The minimum absolute atomic E-state index is 0.244. The number of rotatable bonds is 7. The van der Waals surface area contributed by atoms with Crippen molar-refractivity contribution in [1.82, 2.24) is 4.90 Å². The number of hydrogen-bond acceptors (Lipinski definition) is 4. The van der Waals surface area contributed by atoms with Crippen LogP contribution in [0.15, 0.2) is 24.3 Å². The van der Waals surface area contributed by atoms with Crippen LogP contribution in [0, 0.1) is 0 Å². The molecule has 0 atom stereocenters. The smallest absolute Gasteiger partial charge is 0.147 e. The predicted octanol–water partition coefficient (Wildman–Crippen LogP) is 1.53. The van der Waals surface area contributed by atoms with Gasteiger partial charge in [0.15, 0.2) is 0 Å². The van der Waals surface area contributed by atoms with Crippen molar-refractivity contribution in [2.75, 3.05) is 30.8 Å². The van der Waals surface area contributed by atoms with E-state index in [9.17, 15) is 8.42 Å². The Hall–Kier alpha value is -1.07. The van der Waals surface area contributed by atoms with Gasteiger partial charge in [-0.1, -0.05) is 25.1 Å². The van der Waals surface area contributed by atoms with E-state index in [-0.39, 0.29) is 5.75 Å². The van der Waals surface area contributed by atoms with E-state index in [1.165, 1.54) is 6.26 Å². The first-order chi connectivity index (χ1) is 8.42. The average molecular weight is 270 g/mol. The fourth-order valence-corrected chi connectivity index (χ4v) is 2.47. The maximum atomic E-state index is 11.1. The molecule has 0 aliphatic carbocycles. The topological polar surface area (TPSA) is 63.4 Å². The van der Waals surface area contributed by atoms with Crippen molar-refractivity contribution in [2.45, 2.75) is 19.9 Å². The maximum absolute atomic E-state index is 11.1. The minimum Gasteiger partial charge on any atom is -0.398 e. The van der Waals surface area contributed by atoms with E-state index in [1.807, 2.05) is 24.3 Å². The molecule has 0 fully saturated rings. The second kappa shape index (κ2) is 6.75. The zero-order valence-corrected chi connectivity index (χ0v) is 11.9. The number of benzene rings is 1. The summed E-state index contributed by atoms with van der Waals surface area (Å²) < 4.78 is 22.1. The van der Waals surface area contributed by atoms with E-state index < -0.39 is 9.84 Å². The van der Waals surface area contributed by atoms with Gasteiger partial charge in [0.2, 0.25) is 0 Å². The summed E-state index contributed by atoms with van der Waals surface area (Å²) in [6.07, 6.45) is 1.94. The first-order valence-corrected chi connectivity index (χ1v) is 8.22. The van der Waals surface area contributed by atoms with E-state index in [4.69, 9.17) is 5.73 Å². The van der Waals surface area contributed by atoms with Gasteiger partial charge in [0, 0.05) is 18.5 Å². The molecule has 0 aromatic heterocycles. The molecule has 0 saturated carbocycles. The minimum atomic E-state index is -2.86. The molecule has 0 aliphatic heterocycles. The largest absolute Gasteiger partial charge is 0.398 e. The van der Waals surface area contributed by atoms with E-state index in [0.29, 0.717) is 6.42 Å². The molecule has 0 bridgehead atoms. The molecule has 0 saturated heterocycles. The van der Waals surface area contributed by atoms with E-state index in [2.05, 4.69) is 11.8 Å². The molecule has 0 spiro atoms. The van der Waals surface area contributed by atoms with Gasteiger partial charge in [-0.2, -0.15) is 0 Å². The fourth-order valence-electron chi connectivity index (χ4n) is 1.82. The second-order valence-electron chi connectivity index (χ2n) is 4.55. The summed E-state index contributed by atoms with van der Waals surface area (Å²) >= 11 is 0. The summed E-state index contributed by atoms with van der Waals surface area (Å²) in [5, 5.41) is 0. The Morgan fingerprint density at radius 1 is 1.28 bits per heavy atom. The summed E-state index contributed by atoms with van der Waals surface area (Å²) in [5.74, 6) is 0.244. The van der Waals surface area contributed by atoms with Crippen molar-refractivity contribution in [2.24, 2.45) is 0 Å². The first kappa shape index (κ1) is 15.0. The van der Waals surface area contributed by atoms with Gasteiger partial charge in [0.25, 0.3) is 0 Å². The van der Waals surface area contributed by atoms with Crippen LogP contribution in [-0.2, 0) is 16.4 Å². The molecule has 0 heterocycles. The first-order valence-electron chi connectivity index (χ1n) is 6.16. The Morgan fingerprint density at radius 2 is 1.94 bits per heavy atom. The van der Waals surface area contributed by atoms with Gasteiger partial charge < -0.3 is 5.73 Å². The molecule has 4 nitrogen and oxygen atoms in total. The summed E-state index contributed by atoms with van der Waals surface area (Å²) in [7, 11) is -2.86. The molecular formula is C13H22N2O2S. The van der Waals surface area contributed by atoms with Crippen LogP contribution in [0.2, 0.25) is 0 Å². The highest BCUT2D eigenvalue weighted by Crippen LogP contribution is 2.13. The maximum Gasteiger partial charge on any atom is 0.147 e. The Labute approximate surface area is 110 Å². The third-order valence-electron chi connectivity index (χ3n) is 2.89. The number of para-hydroxylation sites is 1. The van der Waals surface area contributed by atoms with Crippen LogP contribution in [0.5, 0.6) is 0 Å². The van der Waals surface area contributed by atoms with Crippen LogP contribution in [-0.4, -0.2) is 38.4 Å². The van der Waals surface area contributed by atoms with Crippen molar-refractivity contribution in [3.63, 3.8) is 0 Å². The van der Waals surface area contributed by atoms with Gasteiger partial charge in [-0.15, -0.1) is 0 Å². The van der Waals surface area contributed by atoms with Crippen molar-refractivity contribution in [1.29, 1.82) is 0 Å². The Balaban J connectivity index is 2.50. The monoisotopic (exact) mass is 270 g/mol. The highest BCUT2D eigenvalue weighted by atomic mass is 32.2. The Kier molecular flexibility index (Phi) is 5.62. The Bertz CT molecular complexity index is 472. The highest BCUT2D eigenvalue weighted by Gasteiger charge is 2.08. The molecule has 2 N–H and O–H groups in total. The van der Waals surface area contributed by atoms with Gasteiger partial charge in [-0.3, -0.25) is 4.90 Å². The normalized spacial score (nSPS) is 11.9. The lowest BCUT2D eigenvalue weighted by Crippen LogP contribution is -2.26. The standard InChI is InChI=1S/C13H22N2O2S/c1-3-15(9-6-10-18(2,16)17)11-12-7-4-5-8-13(12)14/h4-5,7-8H,3,6,9-11,14H2,1-2H3. The van der Waals surface area contributed by atoms with E-state index in [0.717, 1.165) is 30.9 Å². The average Bonchev–Trinajstić information content (AvgIpc) is 2.29. The number of hydrogen-bond donors (Lipinski definition) is 1. The van der Waals surface area contributed by atoms with Crippen LogP contribution in [0.1, 0.15) is 18.9 Å². The highest BCUT2D eigenvalue weighted by molar-refractivity contribution is 7.90. The van der Waals surface area contributed by atoms with Crippen molar-refractivity contribution >= 4 is 15.5 Å². The van der Waals surface area contributed by atoms with Crippen molar-refractivity contribution in [3.8, 4) is 0 Å². The fraction of sp³-hybridized carbons (Fsp3) is 0.538. The van der Waals surface area contributed by atoms with Crippen LogP contribution in [0.25, 0.3) is 0 Å². The molecule has 1 aromatic carbocycles. The van der Waals surface area contributed by atoms with Crippen LogP contribution < -0.4 is 5.73 Å².